The van der Waals surface area contributed by atoms with E-state index in [0.29, 0.717) is 18.4 Å². The number of nitrogens with zero attached hydrogens (tertiary/aromatic N) is 1. The summed E-state index contributed by atoms with van der Waals surface area (Å²) in [7, 11) is 0. The van der Waals surface area contributed by atoms with Crippen molar-refractivity contribution in [1.29, 1.82) is 0 Å². The zero-order valence-corrected chi connectivity index (χ0v) is 9.87. The molecule has 0 aliphatic carbocycles. The molecule has 0 unspecified atom stereocenters. The second-order valence-corrected chi connectivity index (χ2v) is 3.02. The zero-order valence-electron chi connectivity index (χ0n) is 9.87. The molecule has 0 N–H and O–H groups in total. The highest BCUT2D eigenvalue weighted by Crippen LogP contribution is 2.15. The van der Waals surface area contributed by atoms with Crippen LogP contribution in [0, 0.1) is 0 Å². The summed E-state index contributed by atoms with van der Waals surface area (Å²) in [5.41, 5.74) is 1.25. The molecular formula is C12H21NO. The van der Waals surface area contributed by atoms with Crippen molar-refractivity contribution >= 4 is 0 Å². The van der Waals surface area contributed by atoms with Gasteiger partial charge in [0.05, 0.1) is 6.61 Å². The summed E-state index contributed by atoms with van der Waals surface area (Å²) >= 11 is 0. The second kappa shape index (κ2) is 7.36. The number of pyridine rings is 1. The molecule has 0 amide bonds. The van der Waals surface area contributed by atoms with Crippen molar-refractivity contribution in [3.05, 3.63) is 23.9 Å². The summed E-state index contributed by atoms with van der Waals surface area (Å²) in [5, 5.41) is 0. The van der Waals surface area contributed by atoms with Gasteiger partial charge in [-0.2, -0.15) is 0 Å². The highest BCUT2D eigenvalue weighted by Gasteiger charge is 1.99. The van der Waals surface area contributed by atoms with Crippen LogP contribution >= 0.6 is 0 Å². The van der Waals surface area contributed by atoms with Gasteiger partial charge in [0.15, 0.2) is 0 Å². The molecule has 80 valence electrons. The molecule has 0 saturated carbocycles. The van der Waals surface area contributed by atoms with E-state index in [9.17, 15) is 0 Å². The Balaban J connectivity index is 0.000000791. The predicted octanol–water partition coefficient (Wildman–Crippen LogP) is 3.63. The van der Waals surface area contributed by atoms with Crippen molar-refractivity contribution in [3.8, 4) is 5.88 Å². The van der Waals surface area contributed by atoms with Gasteiger partial charge in [0.2, 0.25) is 5.88 Å². The van der Waals surface area contributed by atoms with Gasteiger partial charge in [-0.25, -0.2) is 4.98 Å². The van der Waals surface area contributed by atoms with Gasteiger partial charge in [-0.1, -0.05) is 33.8 Å². The lowest BCUT2D eigenvalue weighted by Crippen LogP contribution is -1.95. The van der Waals surface area contributed by atoms with Crippen LogP contribution in [-0.2, 0) is 0 Å². The molecule has 0 aliphatic heterocycles. The Kier molecular flexibility index (Phi) is 6.81. The van der Waals surface area contributed by atoms with Gasteiger partial charge in [-0.3, -0.25) is 0 Å². The van der Waals surface area contributed by atoms with Gasteiger partial charge in [-0.15, -0.1) is 0 Å². The molecule has 0 saturated heterocycles. The second-order valence-electron chi connectivity index (χ2n) is 3.02. The van der Waals surface area contributed by atoms with Crippen molar-refractivity contribution in [2.24, 2.45) is 0 Å². The third-order valence-electron chi connectivity index (χ3n) is 1.72. The molecule has 0 fully saturated rings. The average Bonchev–Trinajstić information content (AvgIpc) is 2.22. The molecule has 2 nitrogen and oxygen atoms in total. The van der Waals surface area contributed by atoms with E-state index in [4.69, 9.17) is 4.74 Å². The summed E-state index contributed by atoms with van der Waals surface area (Å²) in [6.07, 6.45) is 1.87. The zero-order chi connectivity index (χ0) is 11.0. The SMILES string of the molecule is CC.CCOc1ccc(C(C)C)cn1. The van der Waals surface area contributed by atoms with Gasteiger partial charge in [0.1, 0.15) is 0 Å². The van der Waals surface area contributed by atoms with E-state index in [0.717, 1.165) is 0 Å². The lowest BCUT2D eigenvalue weighted by Gasteiger charge is -2.05. The third-order valence-corrected chi connectivity index (χ3v) is 1.72. The Morgan fingerprint density at radius 2 is 1.93 bits per heavy atom. The largest absolute Gasteiger partial charge is 0.478 e. The van der Waals surface area contributed by atoms with Crippen molar-refractivity contribution < 1.29 is 4.74 Å². The normalized spacial score (nSPS) is 9.29. The minimum atomic E-state index is 0.535. The predicted molar refractivity (Wildman–Crippen MR) is 60.8 cm³/mol. The minimum absolute atomic E-state index is 0.535. The van der Waals surface area contributed by atoms with Gasteiger partial charge >= 0.3 is 0 Å². The number of aromatic nitrogens is 1. The van der Waals surface area contributed by atoms with Gasteiger partial charge < -0.3 is 4.74 Å². The molecular weight excluding hydrogens is 174 g/mol. The van der Waals surface area contributed by atoms with E-state index < -0.39 is 0 Å². The summed E-state index contributed by atoms with van der Waals surface area (Å²) in [4.78, 5) is 4.17. The topological polar surface area (TPSA) is 22.1 Å². The first kappa shape index (κ1) is 12.9. The van der Waals surface area contributed by atoms with Crippen LogP contribution in [0.1, 0.15) is 46.1 Å². The Hall–Kier alpha value is -1.05. The van der Waals surface area contributed by atoms with Crippen molar-refractivity contribution in [2.45, 2.75) is 40.5 Å². The first-order valence-electron chi connectivity index (χ1n) is 5.32. The highest BCUT2D eigenvalue weighted by molar-refractivity contribution is 5.20. The summed E-state index contributed by atoms with van der Waals surface area (Å²) in [5.74, 6) is 1.25. The van der Waals surface area contributed by atoms with E-state index in [1.165, 1.54) is 5.56 Å². The molecule has 0 bridgehead atoms. The van der Waals surface area contributed by atoms with E-state index in [-0.39, 0.29) is 0 Å². The molecule has 0 aliphatic rings. The Bertz CT molecular complexity index is 229. The molecule has 1 rings (SSSR count). The third kappa shape index (κ3) is 4.26. The molecule has 1 aromatic rings. The number of rotatable bonds is 3. The summed E-state index contributed by atoms with van der Waals surface area (Å²) in [6, 6.07) is 3.97. The van der Waals surface area contributed by atoms with E-state index in [1.54, 1.807) is 0 Å². The molecule has 1 aromatic heterocycles. The fraction of sp³-hybridized carbons (Fsp3) is 0.583. The lowest BCUT2D eigenvalue weighted by molar-refractivity contribution is 0.326. The quantitative estimate of drug-likeness (QED) is 0.734. The molecule has 0 spiro atoms. The maximum atomic E-state index is 5.23. The molecule has 0 radical (unpaired) electrons. The van der Waals surface area contributed by atoms with Crippen LogP contribution in [0.25, 0.3) is 0 Å². The molecule has 0 atom stereocenters. The number of hydrogen-bond acceptors (Lipinski definition) is 2. The molecule has 14 heavy (non-hydrogen) atoms. The number of ether oxygens (including phenoxy) is 1. The van der Waals surface area contributed by atoms with Crippen molar-refractivity contribution in [3.63, 3.8) is 0 Å². The Morgan fingerprint density at radius 1 is 1.29 bits per heavy atom. The highest BCUT2D eigenvalue weighted by atomic mass is 16.5. The van der Waals surface area contributed by atoms with E-state index in [1.807, 2.05) is 33.0 Å². The molecule has 0 aromatic carbocycles. The standard InChI is InChI=1S/C10H15NO.C2H6/c1-4-12-10-6-5-9(7-11-10)8(2)3;1-2/h5-8H,4H2,1-3H3;1-2H3. The van der Waals surface area contributed by atoms with Crippen LogP contribution in [0.15, 0.2) is 18.3 Å². The van der Waals surface area contributed by atoms with Crippen LogP contribution in [0.4, 0.5) is 0 Å². The monoisotopic (exact) mass is 195 g/mol. The van der Waals surface area contributed by atoms with Gasteiger partial charge in [-0.05, 0) is 18.4 Å². The fourth-order valence-corrected chi connectivity index (χ4v) is 0.967. The van der Waals surface area contributed by atoms with Crippen LogP contribution in [0.2, 0.25) is 0 Å². The van der Waals surface area contributed by atoms with Crippen molar-refractivity contribution in [1.82, 2.24) is 4.98 Å². The number of hydrogen-bond donors (Lipinski definition) is 0. The fourth-order valence-electron chi connectivity index (χ4n) is 0.967. The van der Waals surface area contributed by atoms with Gasteiger partial charge in [0, 0.05) is 12.3 Å². The van der Waals surface area contributed by atoms with Crippen LogP contribution in [0.3, 0.4) is 0 Å². The first-order chi connectivity index (χ1) is 6.74. The summed E-state index contributed by atoms with van der Waals surface area (Å²) in [6.45, 7) is 10.9. The maximum absolute atomic E-state index is 5.23. The van der Waals surface area contributed by atoms with Crippen LogP contribution < -0.4 is 4.74 Å². The van der Waals surface area contributed by atoms with Crippen molar-refractivity contribution in [2.75, 3.05) is 6.61 Å². The van der Waals surface area contributed by atoms with E-state index in [2.05, 4.69) is 24.9 Å². The minimum Gasteiger partial charge on any atom is -0.478 e. The molecule has 2 heteroatoms. The summed E-state index contributed by atoms with van der Waals surface area (Å²) < 4.78 is 5.23. The smallest absolute Gasteiger partial charge is 0.213 e. The maximum Gasteiger partial charge on any atom is 0.213 e. The average molecular weight is 195 g/mol. The molecule has 1 heterocycles. The van der Waals surface area contributed by atoms with E-state index >= 15 is 0 Å². The Morgan fingerprint density at radius 3 is 2.29 bits per heavy atom. The van der Waals surface area contributed by atoms with Crippen LogP contribution in [-0.4, -0.2) is 11.6 Å². The Labute approximate surface area is 87.3 Å². The lowest BCUT2D eigenvalue weighted by atomic mass is 10.1. The first-order valence-corrected chi connectivity index (χ1v) is 5.32. The van der Waals surface area contributed by atoms with Gasteiger partial charge in [0.25, 0.3) is 0 Å². The van der Waals surface area contributed by atoms with Crippen LogP contribution in [0.5, 0.6) is 5.88 Å².